The SMILES string of the molecule is CSC(C)CNc1snc(N)c1C#N. The van der Waals surface area contributed by atoms with E-state index in [1.807, 2.05) is 6.07 Å². The first-order valence-electron chi connectivity index (χ1n) is 4.11. The van der Waals surface area contributed by atoms with Crippen LogP contribution in [0.1, 0.15) is 12.5 Å². The third kappa shape index (κ3) is 2.53. The largest absolute Gasteiger partial charge is 0.382 e. The van der Waals surface area contributed by atoms with Gasteiger partial charge in [0.2, 0.25) is 0 Å². The van der Waals surface area contributed by atoms with E-state index in [1.54, 1.807) is 11.8 Å². The summed E-state index contributed by atoms with van der Waals surface area (Å²) in [5.74, 6) is 0.316. The maximum atomic E-state index is 8.80. The van der Waals surface area contributed by atoms with Crippen molar-refractivity contribution in [3.8, 4) is 6.07 Å². The molecule has 0 bridgehead atoms. The molecule has 0 saturated heterocycles. The van der Waals surface area contributed by atoms with Crippen LogP contribution >= 0.6 is 23.3 Å². The second kappa shape index (κ2) is 5.08. The van der Waals surface area contributed by atoms with E-state index in [0.717, 1.165) is 11.5 Å². The zero-order valence-electron chi connectivity index (χ0n) is 8.07. The van der Waals surface area contributed by atoms with Crippen LogP contribution in [0.4, 0.5) is 10.8 Å². The van der Waals surface area contributed by atoms with Gasteiger partial charge in [-0.2, -0.15) is 21.4 Å². The quantitative estimate of drug-likeness (QED) is 0.821. The number of anilines is 2. The Bertz CT molecular complexity index is 342. The van der Waals surface area contributed by atoms with Crippen LogP contribution in [0.2, 0.25) is 0 Å². The highest BCUT2D eigenvalue weighted by Gasteiger charge is 2.10. The molecule has 1 rings (SSSR count). The molecule has 0 aliphatic carbocycles. The third-order valence-electron chi connectivity index (χ3n) is 1.78. The molecule has 0 aromatic carbocycles. The Balaban J connectivity index is 2.64. The van der Waals surface area contributed by atoms with Gasteiger partial charge in [-0.05, 0) is 17.8 Å². The van der Waals surface area contributed by atoms with E-state index in [1.165, 1.54) is 11.5 Å². The second-order valence-electron chi connectivity index (χ2n) is 2.81. The third-order valence-corrected chi connectivity index (χ3v) is 3.57. The lowest BCUT2D eigenvalue weighted by Gasteiger charge is -2.08. The predicted octanol–water partition coefficient (Wildman–Crippen LogP) is 1.76. The number of hydrogen-bond acceptors (Lipinski definition) is 6. The number of thioether (sulfide) groups is 1. The molecule has 4 nitrogen and oxygen atoms in total. The van der Waals surface area contributed by atoms with Gasteiger partial charge < -0.3 is 11.1 Å². The van der Waals surface area contributed by atoms with Crippen LogP contribution in [0.15, 0.2) is 0 Å². The fraction of sp³-hybridized carbons (Fsp3) is 0.500. The van der Waals surface area contributed by atoms with Crippen molar-refractivity contribution in [1.29, 1.82) is 5.26 Å². The zero-order chi connectivity index (χ0) is 10.6. The smallest absolute Gasteiger partial charge is 0.157 e. The van der Waals surface area contributed by atoms with Gasteiger partial charge in [-0.3, -0.25) is 0 Å². The Hall–Kier alpha value is -0.930. The number of hydrogen-bond donors (Lipinski definition) is 2. The van der Waals surface area contributed by atoms with Gasteiger partial charge in [-0.25, -0.2) is 0 Å². The van der Waals surface area contributed by atoms with Crippen molar-refractivity contribution in [3.05, 3.63) is 5.56 Å². The lowest BCUT2D eigenvalue weighted by molar-refractivity contribution is 1.01. The maximum Gasteiger partial charge on any atom is 0.157 e. The highest BCUT2D eigenvalue weighted by atomic mass is 32.2. The number of rotatable bonds is 4. The fourth-order valence-corrected chi connectivity index (χ4v) is 1.77. The van der Waals surface area contributed by atoms with Gasteiger partial charge in [0, 0.05) is 11.8 Å². The van der Waals surface area contributed by atoms with Crippen LogP contribution in [0.25, 0.3) is 0 Å². The summed E-state index contributed by atoms with van der Waals surface area (Å²) < 4.78 is 3.92. The summed E-state index contributed by atoms with van der Waals surface area (Å²) in [6.45, 7) is 2.94. The number of nitriles is 1. The molecule has 3 N–H and O–H groups in total. The molecule has 1 heterocycles. The summed E-state index contributed by atoms with van der Waals surface area (Å²) in [6, 6.07) is 2.04. The van der Waals surface area contributed by atoms with Gasteiger partial charge in [0.1, 0.15) is 16.6 Å². The Labute approximate surface area is 91.7 Å². The molecule has 0 aliphatic heterocycles. The number of aromatic nitrogens is 1. The molecule has 0 saturated carbocycles. The molecule has 0 spiro atoms. The Morgan fingerprint density at radius 1 is 1.79 bits per heavy atom. The van der Waals surface area contributed by atoms with Crippen molar-refractivity contribution in [3.63, 3.8) is 0 Å². The molecule has 6 heteroatoms. The van der Waals surface area contributed by atoms with Crippen molar-refractivity contribution in [2.45, 2.75) is 12.2 Å². The van der Waals surface area contributed by atoms with Crippen molar-refractivity contribution >= 4 is 34.1 Å². The summed E-state index contributed by atoms with van der Waals surface area (Å²) in [5, 5.41) is 13.2. The van der Waals surface area contributed by atoms with Gasteiger partial charge in [-0.15, -0.1) is 0 Å². The van der Waals surface area contributed by atoms with Crippen molar-refractivity contribution in [1.82, 2.24) is 4.37 Å². The number of nitrogens with one attached hydrogen (secondary N) is 1. The van der Waals surface area contributed by atoms with Gasteiger partial charge in [0.15, 0.2) is 5.82 Å². The van der Waals surface area contributed by atoms with Crippen LogP contribution in [-0.4, -0.2) is 22.4 Å². The number of nitrogens with two attached hydrogens (primary N) is 1. The minimum absolute atomic E-state index is 0.316. The number of nitrogens with zero attached hydrogens (tertiary/aromatic N) is 2. The lowest BCUT2D eigenvalue weighted by Crippen LogP contribution is -2.12. The Morgan fingerprint density at radius 3 is 3.07 bits per heavy atom. The Morgan fingerprint density at radius 2 is 2.50 bits per heavy atom. The molecular formula is C8H12N4S2. The average Bonchev–Trinajstić information content (AvgIpc) is 2.55. The zero-order valence-corrected chi connectivity index (χ0v) is 9.71. The molecule has 1 aromatic heterocycles. The van der Waals surface area contributed by atoms with Gasteiger partial charge in [0.05, 0.1) is 0 Å². The number of nitrogen functional groups attached to an aromatic ring is 1. The predicted molar refractivity (Wildman–Crippen MR) is 62.7 cm³/mol. The molecule has 0 aliphatic rings. The average molecular weight is 228 g/mol. The van der Waals surface area contributed by atoms with E-state index >= 15 is 0 Å². The molecular weight excluding hydrogens is 216 g/mol. The van der Waals surface area contributed by atoms with E-state index in [2.05, 4.69) is 22.9 Å². The minimum Gasteiger partial charge on any atom is -0.382 e. The summed E-state index contributed by atoms with van der Waals surface area (Å²) in [7, 11) is 0. The van der Waals surface area contributed by atoms with E-state index in [4.69, 9.17) is 11.0 Å². The molecule has 0 radical (unpaired) electrons. The van der Waals surface area contributed by atoms with Gasteiger partial charge in [0.25, 0.3) is 0 Å². The van der Waals surface area contributed by atoms with Crippen LogP contribution < -0.4 is 11.1 Å². The molecule has 0 amide bonds. The van der Waals surface area contributed by atoms with E-state index < -0.39 is 0 Å². The first-order chi connectivity index (χ1) is 6.69. The molecule has 76 valence electrons. The summed E-state index contributed by atoms with van der Waals surface area (Å²) in [6.07, 6.45) is 2.05. The lowest BCUT2D eigenvalue weighted by atomic mass is 10.3. The summed E-state index contributed by atoms with van der Waals surface area (Å²) in [4.78, 5) is 0. The van der Waals surface area contributed by atoms with Crippen LogP contribution in [0, 0.1) is 11.3 Å². The first-order valence-corrected chi connectivity index (χ1v) is 6.17. The summed E-state index contributed by atoms with van der Waals surface area (Å²) in [5.41, 5.74) is 5.98. The van der Waals surface area contributed by atoms with Gasteiger partial charge in [-0.1, -0.05) is 6.92 Å². The van der Waals surface area contributed by atoms with Gasteiger partial charge >= 0.3 is 0 Å². The molecule has 1 unspecified atom stereocenters. The highest BCUT2D eigenvalue weighted by molar-refractivity contribution is 7.99. The maximum absolute atomic E-state index is 8.80. The highest BCUT2D eigenvalue weighted by Crippen LogP contribution is 2.25. The first kappa shape index (κ1) is 11.1. The normalized spacial score (nSPS) is 12.1. The molecule has 1 aromatic rings. The van der Waals surface area contributed by atoms with E-state index in [0.29, 0.717) is 16.6 Å². The van der Waals surface area contributed by atoms with E-state index in [-0.39, 0.29) is 0 Å². The monoisotopic (exact) mass is 228 g/mol. The minimum atomic E-state index is 0.316. The molecule has 0 fully saturated rings. The molecule has 1 atom stereocenters. The van der Waals surface area contributed by atoms with Crippen molar-refractivity contribution in [2.75, 3.05) is 23.9 Å². The van der Waals surface area contributed by atoms with Crippen molar-refractivity contribution < 1.29 is 0 Å². The fourth-order valence-electron chi connectivity index (χ4n) is 0.851. The topological polar surface area (TPSA) is 74.7 Å². The van der Waals surface area contributed by atoms with Crippen molar-refractivity contribution in [2.24, 2.45) is 0 Å². The molecule has 14 heavy (non-hydrogen) atoms. The second-order valence-corrected chi connectivity index (χ2v) is 4.86. The van der Waals surface area contributed by atoms with Crippen LogP contribution in [-0.2, 0) is 0 Å². The van der Waals surface area contributed by atoms with Crippen LogP contribution in [0.3, 0.4) is 0 Å². The Kier molecular flexibility index (Phi) is 4.04. The van der Waals surface area contributed by atoms with Crippen LogP contribution in [0.5, 0.6) is 0 Å². The summed E-state index contributed by atoms with van der Waals surface area (Å²) >= 11 is 3.01. The standard InChI is InChI=1S/C8H12N4S2/c1-5(13-2)4-11-8-6(3-9)7(10)12-14-8/h5,11H,4H2,1-2H3,(H2,10,12). The van der Waals surface area contributed by atoms with E-state index in [9.17, 15) is 0 Å².